The molecule has 0 radical (unpaired) electrons. The van der Waals surface area contributed by atoms with Crippen LogP contribution < -0.4 is 32.2 Å². The normalized spacial score (nSPS) is 28.2. The predicted octanol–water partition coefficient (Wildman–Crippen LogP) is -1.51. The molecule has 0 bridgehead atoms. The van der Waals surface area contributed by atoms with Crippen LogP contribution in [0.1, 0.15) is 46.7 Å². The van der Waals surface area contributed by atoms with E-state index in [0.29, 0.717) is 12.4 Å². The molecule has 4 aliphatic rings. The van der Waals surface area contributed by atoms with E-state index in [4.69, 9.17) is 16.2 Å². The standard InChI is InChI=1S/C27H32FN9O5/c1-25(2)8-9-42-19-14(4-3-5-15(19)25)21(38)34-18-12-37-24(30)33-17(11-32-22(39)16-7-6-13(28)10-31-16)20-26(37,27(18,40)41)36-23(29)35-20/h3-7,10,17-18,20,40-41H,8-9,11-12H2,1-2H3,(H2,30,33)(H,32,39)(H,34,38)(H3,29,35,36)/t17-,18-,20-,26-/m0/s1. The number of pyridine rings is 1. The van der Waals surface area contributed by atoms with Crippen molar-refractivity contribution in [3.05, 3.63) is 59.2 Å². The minimum atomic E-state index is -2.66. The number of guanidine groups is 2. The van der Waals surface area contributed by atoms with Gasteiger partial charge in [-0.15, -0.1) is 0 Å². The molecule has 1 aromatic heterocycles. The number of aliphatic hydroxyl groups is 2. The van der Waals surface area contributed by atoms with Gasteiger partial charge in [-0.25, -0.2) is 19.4 Å². The van der Waals surface area contributed by atoms with Gasteiger partial charge in [0.25, 0.3) is 11.8 Å². The van der Waals surface area contributed by atoms with Crippen LogP contribution in [0.5, 0.6) is 5.75 Å². The summed E-state index contributed by atoms with van der Waals surface area (Å²) >= 11 is 0. The molecule has 4 aliphatic heterocycles. The zero-order valence-electron chi connectivity index (χ0n) is 23.0. The highest BCUT2D eigenvalue weighted by molar-refractivity contribution is 5.98. The number of nitrogens with two attached hydrogens (primary N) is 2. The van der Waals surface area contributed by atoms with E-state index in [2.05, 4.69) is 44.8 Å². The minimum absolute atomic E-state index is 0.0224. The van der Waals surface area contributed by atoms with E-state index < -0.39 is 47.2 Å². The van der Waals surface area contributed by atoms with Crippen LogP contribution in [0.25, 0.3) is 0 Å². The van der Waals surface area contributed by atoms with Crippen LogP contribution in [-0.4, -0.2) is 93.1 Å². The average Bonchev–Trinajstić information content (AvgIpc) is 3.41. The lowest BCUT2D eigenvalue weighted by Gasteiger charge is -2.49. The quantitative estimate of drug-likeness (QED) is 0.203. The zero-order valence-corrected chi connectivity index (χ0v) is 23.0. The van der Waals surface area contributed by atoms with Crippen LogP contribution in [0.15, 0.2) is 46.5 Å². The number of hydrogen-bond donors (Lipinski definition) is 7. The van der Waals surface area contributed by atoms with Gasteiger partial charge in [-0.1, -0.05) is 26.0 Å². The molecule has 2 amide bonds. The molecule has 4 atom stereocenters. The molecule has 0 unspecified atom stereocenters. The topological polar surface area (TPSA) is 213 Å². The molecule has 1 fully saturated rings. The van der Waals surface area contributed by atoms with Crippen LogP contribution in [0.4, 0.5) is 4.39 Å². The number of benzene rings is 1. The molecule has 1 saturated heterocycles. The SMILES string of the molecule is CC1(C)CCOc2c(C(=O)N[C@H]3CN4C(N)=N[C@@H](CNC(=O)c5ccc(F)cn5)[C@@H]5N=C(N)N[C@@]54C3(O)O)cccc21. The van der Waals surface area contributed by atoms with Gasteiger partial charge in [0.2, 0.25) is 5.79 Å². The Balaban J connectivity index is 1.26. The van der Waals surface area contributed by atoms with Gasteiger partial charge in [0.05, 0.1) is 24.4 Å². The van der Waals surface area contributed by atoms with Crippen molar-refractivity contribution in [1.29, 1.82) is 0 Å². The Bertz CT molecular complexity index is 1510. The summed E-state index contributed by atoms with van der Waals surface area (Å²) in [6, 6.07) is 4.45. The summed E-state index contributed by atoms with van der Waals surface area (Å²) in [4.78, 5) is 40.2. The number of nitrogens with zero attached hydrogens (tertiary/aromatic N) is 4. The van der Waals surface area contributed by atoms with E-state index in [1.165, 1.54) is 11.0 Å². The number of rotatable bonds is 5. The van der Waals surface area contributed by atoms with Gasteiger partial charge < -0.3 is 47.3 Å². The summed E-state index contributed by atoms with van der Waals surface area (Å²) < 4.78 is 19.1. The van der Waals surface area contributed by atoms with Crippen molar-refractivity contribution < 1.29 is 28.9 Å². The van der Waals surface area contributed by atoms with Gasteiger partial charge in [-0.2, -0.15) is 0 Å². The van der Waals surface area contributed by atoms with E-state index in [-0.39, 0.29) is 41.7 Å². The van der Waals surface area contributed by atoms with Gasteiger partial charge in [-0.3, -0.25) is 9.59 Å². The summed E-state index contributed by atoms with van der Waals surface area (Å²) in [6.45, 7) is 4.32. The number of fused-ring (bicyclic) bond motifs is 1. The Kier molecular flexibility index (Phi) is 6.27. The van der Waals surface area contributed by atoms with Crippen molar-refractivity contribution in [2.45, 2.75) is 55.3 Å². The lowest BCUT2D eigenvalue weighted by molar-refractivity contribution is -0.230. The second kappa shape index (κ2) is 9.52. The van der Waals surface area contributed by atoms with Crippen LogP contribution in [0.3, 0.4) is 0 Å². The number of nitrogens with one attached hydrogen (secondary N) is 3. The molecule has 1 aromatic carbocycles. The molecule has 0 saturated carbocycles. The number of aromatic nitrogens is 1. The van der Waals surface area contributed by atoms with Crippen molar-refractivity contribution in [1.82, 2.24) is 25.8 Å². The molecular formula is C27H32FN9O5. The molecule has 222 valence electrons. The first kappa shape index (κ1) is 27.7. The Hall–Kier alpha value is -4.50. The maximum absolute atomic E-state index is 13.6. The number of amides is 2. The lowest BCUT2D eigenvalue weighted by atomic mass is 9.79. The highest BCUT2D eigenvalue weighted by atomic mass is 19.1. The monoisotopic (exact) mass is 581 g/mol. The molecule has 5 heterocycles. The largest absolute Gasteiger partial charge is 0.492 e. The molecule has 6 rings (SSSR count). The first-order valence-corrected chi connectivity index (χ1v) is 13.5. The molecule has 0 aliphatic carbocycles. The maximum Gasteiger partial charge on any atom is 0.269 e. The second-order valence-electron chi connectivity index (χ2n) is 11.5. The highest BCUT2D eigenvalue weighted by Gasteiger charge is 2.73. The molecular weight excluding hydrogens is 549 g/mol. The number of carbonyl (C=O) groups excluding carboxylic acids is 2. The fourth-order valence-corrected chi connectivity index (χ4v) is 6.23. The number of halogens is 1. The summed E-state index contributed by atoms with van der Waals surface area (Å²) in [6.07, 6.45) is 1.71. The van der Waals surface area contributed by atoms with Crippen LogP contribution in [-0.2, 0) is 5.41 Å². The first-order valence-electron chi connectivity index (χ1n) is 13.5. The fraction of sp³-hybridized carbons (Fsp3) is 0.444. The number of hydrogen-bond acceptors (Lipinski definition) is 12. The van der Waals surface area contributed by atoms with Crippen molar-refractivity contribution in [2.75, 3.05) is 19.7 Å². The van der Waals surface area contributed by atoms with Crippen LogP contribution in [0.2, 0.25) is 0 Å². The third-order valence-corrected chi connectivity index (χ3v) is 8.50. The second-order valence-corrected chi connectivity index (χ2v) is 11.5. The molecule has 14 nitrogen and oxygen atoms in total. The highest BCUT2D eigenvalue weighted by Crippen LogP contribution is 2.45. The molecule has 42 heavy (non-hydrogen) atoms. The smallest absolute Gasteiger partial charge is 0.269 e. The van der Waals surface area contributed by atoms with E-state index in [1.807, 2.05) is 6.07 Å². The first-order chi connectivity index (χ1) is 19.8. The Labute approximate surface area is 240 Å². The van der Waals surface area contributed by atoms with E-state index in [9.17, 15) is 24.2 Å². The lowest BCUT2D eigenvalue weighted by Crippen LogP contribution is -2.78. The van der Waals surface area contributed by atoms with Crippen LogP contribution >= 0.6 is 0 Å². The van der Waals surface area contributed by atoms with E-state index >= 15 is 0 Å². The molecule has 2 aromatic rings. The van der Waals surface area contributed by atoms with Crippen molar-refractivity contribution >= 4 is 23.7 Å². The number of carbonyl (C=O) groups is 2. The Morgan fingerprint density at radius 3 is 2.71 bits per heavy atom. The van der Waals surface area contributed by atoms with Gasteiger partial charge in [-0.05, 0) is 30.0 Å². The van der Waals surface area contributed by atoms with Crippen molar-refractivity contribution in [3.8, 4) is 5.75 Å². The molecule has 1 spiro atoms. The van der Waals surface area contributed by atoms with E-state index in [1.54, 1.807) is 12.1 Å². The zero-order chi connectivity index (χ0) is 30.0. The Morgan fingerprint density at radius 1 is 1.19 bits per heavy atom. The molecule has 15 heteroatoms. The van der Waals surface area contributed by atoms with Gasteiger partial charge in [0.1, 0.15) is 29.3 Å². The van der Waals surface area contributed by atoms with Gasteiger partial charge in [0.15, 0.2) is 17.6 Å². The third kappa shape index (κ3) is 4.10. The summed E-state index contributed by atoms with van der Waals surface area (Å²) in [5.41, 5.74) is 11.5. The average molecular weight is 582 g/mol. The van der Waals surface area contributed by atoms with Crippen molar-refractivity contribution in [2.24, 2.45) is 21.5 Å². The van der Waals surface area contributed by atoms with Gasteiger partial charge >= 0.3 is 0 Å². The van der Waals surface area contributed by atoms with Crippen LogP contribution in [0, 0.1) is 5.82 Å². The van der Waals surface area contributed by atoms with E-state index in [0.717, 1.165) is 24.2 Å². The van der Waals surface area contributed by atoms with Crippen molar-refractivity contribution in [3.63, 3.8) is 0 Å². The maximum atomic E-state index is 13.6. The predicted molar refractivity (Wildman–Crippen MR) is 148 cm³/mol. The number of para-hydroxylation sites is 1. The minimum Gasteiger partial charge on any atom is -0.492 e. The summed E-state index contributed by atoms with van der Waals surface area (Å²) in [7, 11) is 0. The molecule has 9 N–H and O–H groups in total. The Morgan fingerprint density at radius 2 is 1.98 bits per heavy atom. The number of aliphatic imine (C=N–C) groups is 2. The van der Waals surface area contributed by atoms with Gasteiger partial charge in [0, 0.05) is 18.7 Å². The summed E-state index contributed by atoms with van der Waals surface area (Å²) in [5.74, 6) is -4.13. The fourth-order valence-electron chi connectivity index (χ4n) is 6.23. The summed E-state index contributed by atoms with van der Waals surface area (Å²) in [5, 5.41) is 31.6. The third-order valence-electron chi connectivity index (χ3n) is 8.50. The number of ether oxygens (including phenoxy) is 1.